The van der Waals surface area contributed by atoms with Crippen LogP contribution in [0.15, 0.2) is 27.8 Å². The van der Waals surface area contributed by atoms with E-state index in [9.17, 15) is 8.42 Å². The van der Waals surface area contributed by atoms with Crippen LogP contribution < -0.4 is 10.6 Å². The van der Waals surface area contributed by atoms with E-state index in [1.165, 1.54) is 19.3 Å². The molecule has 2 aliphatic heterocycles. The number of furan rings is 1. The molecule has 2 fully saturated rings. The number of thioether (sulfide) groups is 1. The van der Waals surface area contributed by atoms with Crippen LogP contribution in [0.25, 0.3) is 0 Å². The van der Waals surface area contributed by atoms with Crippen LogP contribution >= 0.6 is 11.8 Å². The van der Waals surface area contributed by atoms with E-state index in [1.54, 1.807) is 29.4 Å². The number of sulfonamides is 1. The lowest BCUT2D eigenvalue weighted by molar-refractivity contribution is 0.146. The molecule has 3 heterocycles. The Kier molecular flexibility index (Phi) is 8.70. The summed E-state index contributed by atoms with van der Waals surface area (Å²) in [4.78, 5) is 6.70. The van der Waals surface area contributed by atoms with Crippen LogP contribution in [0, 0.1) is 0 Å². The molecule has 2 aliphatic rings. The molecule has 1 aromatic heterocycles. The molecule has 164 valence electrons. The maximum atomic E-state index is 12.5. The highest BCUT2D eigenvalue weighted by Crippen LogP contribution is 2.24. The lowest BCUT2D eigenvalue weighted by Crippen LogP contribution is -2.46. The highest BCUT2D eigenvalue weighted by atomic mass is 32.2. The summed E-state index contributed by atoms with van der Waals surface area (Å²) in [5, 5.41) is 6.49. The maximum Gasteiger partial charge on any atom is 0.215 e. The molecule has 0 saturated carbocycles. The predicted molar refractivity (Wildman–Crippen MR) is 119 cm³/mol. The van der Waals surface area contributed by atoms with Crippen molar-refractivity contribution in [2.45, 2.75) is 25.3 Å². The number of likely N-dealkylation sites (tertiary alicyclic amines) is 1. The first kappa shape index (κ1) is 22.5. The van der Waals surface area contributed by atoms with Crippen LogP contribution in [-0.4, -0.2) is 87.2 Å². The zero-order valence-corrected chi connectivity index (χ0v) is 18.8. The first-order valence-electron chi connectivity index (χ1n) is 10.4. The minimum absolute atomic E-state index is 0.0755. The van der Waals surface area contributed by atoms with Gasteiger partial charge in [0.15, 0.2) is 5.96 Å². The first-order valence-corrected chi connectivity index (χ1v) is 13.1. The number of piperidine rings is 1. The van der Waals surface area contributed by atoms with Gasteiger partial charge in [-0.3, -0.25) is 9.89 Å². The lowest BCUT2D eigenvalue weighted by atomic mass is 10.1. The predicted octanol–water partition coefficient (Wildman–Crippen LogP) is 1.35. The standard InChI is InChI=1S/C19H33N5O3S2/c1-20-19(21-7-15-29(25,26)24-10-13-28-14-11-24)22-16-17(18-6-5-12-27-18)23-8-3-2-4-9-23/h5-6,12,17H,2-4,7-11,13-16H2,1H3,(H2,20,21,22). The van der Waals surface area contributed by atoms with Crippen LogP contribution in [-0.2, 0) is 10.0 Å². The summed E-state index contributed by atoms with van der Waals surface area (Å²) in [6, 6.07) is 4.07. The van der Waals surface area contributed by atoms with Gasteiger partial charge in [0, 0.05) is 44.7 Å². The van der Waals surface area contributed by atoms with E-state index < -0.39 is 10.0 Å². The van der Waals surface area contributed by atoms with Crippen LogP contribution in [0.3, 0.4) is 0 Å². The van der Waals surface area contributed by atoms with Gasteiger partial charge in [-0.05, 0) is 38.1 Å². The average molecular weight is 444 g/mol. The molecule has 0 bridgehead atoms. The molecule has 0 radical (unpaired) electrons. The molecule has 1 aromatic rings. The number of hydrogen-bond donors (Lipinski definition) is 2. The Morgan fingerprint density at radius 2 is 1.97 bits per heavy atom. The molecule has 10 heteroatoms. The molecule has 1 atom stereocenters. The largest absolute Gasteiger partial charge is 0.468 e. The topological polar surface area (TPSA) is 90.2 Å². The van der Waals surface area contributed by atoms with Gasteiger partial charge in [0.25, 0.3) is 0 Å². The van der Waals surface area contributed by atoms with E-state index in [-0.39, 0.29) is 11.8 Å². The van der Waals surface area contributed by atoms with Crippen molar-refractivity contribution in [3.63, 3.8) is 0 Å². The first-order chi connectivity index (χ1) is 14.1. The van der Waals surface area contributed by atoms with E-state index >= 15 is 0 Å². The van der Waals surface area contributed by atoms with Gasteiger partial charge >= 0.3 is 0 Å². The van der Waals surface area contributed by atoms with Gasteiger partial charge in [0.05, 0.1) is 18.1 Å². The van der Waals surface area contributed by atoms with Gasteiger partial charge in [-0.25, -0.2) is 12.7 Å². The molecule has 8 nitrogen and oxygen atoms in total. The van der Waals surface area contributed by atoms with Crippen LogP contribution in [0.2, 0.25) is 0 Å². The van der Waals surface area contributed by atoms with Crippen molar-refractivity contribution in [1.29, 1.82) is 0 Å². The van der Waals surface area contributed by atoms with Gasteiger partial charge in [0.2, 0.25) is 10.0 Å². The highest BCUT2D eigenvalue weighted by Gasteiger charge is 2.25. The Bertz CT molecular complexity index is 727. The SMILES string of the molecule is CN=C(NCCS(=O)(=O)N1CCSCC1)NCC(c1ccco1)N1CCCCC1. The Balaban J connectivity index is 1.49. The number of guanidine groups is 1. The summed E-state index contributed by atoms with van der Waals surface area (Å²) in [6.07, 6.45) is 5.40. The van der Waals surface area contributed by atoms with Crippen molar-refractivity contribution in [3.8, 4) is 0 Å². The second-order valence-electron chi connectivity index (χ2n) is 7.34. The molecule has 0 spiro atoms. The Labute approximate surface area is 178 Å². The van der Waals surface area contributed by atoms with Gasteiger partial charge in [-0.1, -0.05) is 6.42 Å². The van der Waals surface area contributed by atoms with Crippen LogP contribution in [0.5, 0.6) is 0 Å². The van der Waals surface area contributed by atoms with Crippen molar-refractivity contribution in [3.05, 3.63) is 24.2 Å². The molecule has 2 N–H and O–H groups in total. The normalized spacial score (nSPS) is 21.1. The summed E-state index contributed by atoms with van der Waals surface area (Å²) < 4.78 is 32.2. The molecule has 3 rings (SSSR count). The monoisotopic (exact) mass is 443 g/mol. The molecule has 0 aliphatic carbocycles. The molecule has 2 saturated heterocycles. The summed E-state index contributed by atoms with van der Waals surface area (Å²) in [6.45, 7) is 4.34. The fourth-order valence-electron chi connectivity index (χ4n) is 3.79. The minimum Gasteiger partial charge on any atom is -0.468 e. The summed E-state index contributed by atoms with van der Waals surface area (Å²) in [7, 11) is -1.52. The Morgan fingerprint density at radius 3 is 2.62 bits per heavy atom. The third-order valence-electron chi connectivity index (χ3n) is 5.41. The number of hydrogen-bond acceptors (Lipinski definition) is 6. The van der Waals surface area contributed by atoms with Crippen molar-refractivity contribution in [2.24, 2.45) is 4.99 Å². The Hall–Kier alpha value is -1.23. The third-order valence-corrected chi connectivity index (χ3v) is 8.22. The zero-order valence-electron chi connectivity index (χ0n) is 17.2. The number of nitrogens with zero attached hydrogens (tertiary/aromatic N) is 3. The molecular weight excluding hydrogens is 410 g/mol. The van der Waals surface area contributed by atoms with E-state index in [4.69, 9.17) is 4.42 Å². The second kappa shape index (κ2) is 11.2. The minimum atomic E-state index is -3.22. The molecule has 1 unspecified atom stereocenters. The lowest BCUT2D eigenvalue weighted by Gasteiger charge is -2.33. The summed E-state index contributed by atoms with van der Waals surface area (Å²) >= 11 is 1.80. The van der Waals surface area contributed by atoms with E-state index in [2.05, 4.69) is 20.5 Å². The van der Waals surface area contributed by atoms with E-state index in [1.807, 2.05) is 12.1 Å². The van der Waals surface area contributed by atoms with Crippen LogP contribution in [0.4, 0.5) is 0 Å². The smallest absolute Gasteiger partial charge is 0.215 e. The molecule has 0 aromatic carbocycles. The van der Waals surface area contributed by atoms with E-state index in [0.717, 1.165) is 30.4 Å². The highest BCUT2D eigenvalue weighted by molar-refractivity contribution is 7.99. The maximum absolute atomic E-state index is 12.5. The van der Waals surface area contributed by atoms with Crippen molar-refractivity contribution >= 4 is 27.7 Å². The van der Waals surface area contributed by atoms with Gasteiger partial charge < -0.3 is 15.1 Å². The number of aliphatic imine (C=N–C) groups is 1. The number of nitrogens with one attached hydrogen (secondary N) is 2. The molecular formula is C19H33N5O3S2. The quantitative estimate of drug-likeness (QED) is 0.463. The summed E-state index contributed by atoms with van der Waals surface area (Å²) in [5.41, 5.74) is 0. The van der Waals surface area contributed by atoms with Crippen molar-refractivity contribution < 1.29 is 12.8 Å². The summed E-state index contributed by atoms with van der Waals surface area (Å²) in [5.74, 6) is 3.39. The van der Waals surface area contributed by atoms with Crippen molar-refractivity contribution in [1.82, 2.24) is 19.8 Å². The molecule has 29 heavy (non-hydrogen) atoms. The van der Waals surface area contributed by atoms with Crippen LogP contribution in [0.1, 0.15) is 31.1 Å². The second-order valence-corrected chi connectivity index (χ2v) is 10.6. The van der Waals surface area contributed by atoms with Gasteiger partial charge in [0.1, 0.15) is 5.76 Å². The van der Waals surface area contributed by atoms with Gasteiger partial charge in [-0.2, -0.15) is 11.8 Å². The number of rotatable bonds is 8. The fourth-order valence-corrected chi connectivity index (χ4v) is 6.28. The fraction of sp³-hybridized carbons (Fsp3) is 0.737. The third kappa shape index (κ3) is 6.63. The molecule has 0 amide bonds. The Morgan fingerprint density at radius 1 is 1.21 bits per heavy atom. The van der Waals surface area contributed by atoms with Crippen molar-refractivity contribution in [2.75, 3.05) is 63.6 Å². The van der Waals surface area contributed by atoms with Gasteiger partial charge in [-0.15, -0.1) is 0 Å². The van der Waals surface area contributed by atoms with E-state index in [0.29, 0.717) is 32.1 Å². The zero-order chi connectivity index (χ0) is 20.5. The average Bonchev–Trinajstić information content (AvgIpc) is 3.28.